The van der Waals surface area contributed by atoms with Crippen LogP contribution in [0.4, 0.5) is 0 Å². The molecule has 0 saturated carbocycles. The van der Waals surface area contributed by atoms with Gasteiger partial charge in [-0.05, 0) is 48.5 Å². The van der Waals surface area contributed by atoms with E-state index in [2.05, 4.69) is 0 Å². The zero-order valence-electron chi connectivity index (χ0n) is 11.0. The fraction of sp³-hybridized carbons (Fsp3) is 0. The number of carbonyl (C=O) groups excluding carboxylic acids is 1. The number of para-hydroxylation sites is 1. The molecule has 0 saturated heterocycles. The Morgan fingerprint density at radius 3 is 2.14 bits per heavy atom. The molecule has 0 aliphatic carbocycles. The number of hydrogen-bond acceptors (Lipinski definition) is 3. The summed E-state index contributed by atoms with van der Waals surface area (Å²) in [5.41, 5.74) is 0.619. The second-order valence-electron chi connectivity index (χ2n) is 4.37. The minimum atomic E-state index is -0.0295. The van der Waals surface area contributed by atoms with Crippen LogP contribution < -0.4 is 4.74 Å². The van der Waals surface area contributed by atoms with E-state index in [1.165, 1.54) is 11.3 Å². The van der Waals surface area contributed by atoms with Crippen molar-refractivity contribution in [2.24, 2.45) is 0 Å². The maximum atomic E-state index is 12.2. The van der Waals surface area contributed by atoms with Gasteiger partial charge < -0.3 is 4.74 Å². The molecule has 3 rings (SSSR count). The minimum Gasteiger partial charge on any atom is -0.457 e. The lowest BCUT2D eigenvalue weighted by atomic mass is 10.1. The Morgan fingerprint density at radius 2 is 1.52 bits per heavy atom. The number of carbonyl (C=O) groups is 1. The van der Waals surface area contributed by atoms with Crippen LogP contribution in [-0.2, 0) is 0 Å². The van der Waals surface area contributed by atoms with Crippen LogP contribution in [0.25, 0.3) is 0 Å². The zero-order chi connectivity index (χ0) is 14.7. The van der Waals surface area contributed by atoms with Crippen LogP contribution in [0.3, 0.4) is 0 Å². The molecule has 0 bridgehead atoms. The second kappa shape index (κ2) is 6.12. The van der Waals surface area contributed by atoms with E-state index < -0.39 is 0 Å². The summed E-state index contributed by atoms with van der Waals surface area (Å²) < 4.78 is 6.31. The van der Waals surface area contributed by atoms with Crippen molar-refractivity contribution in [3.05, 3.63) is 81.5 Å². The molecule has 0 aliphatic heterocycles. The fourth-order valence-corrected chi connectivity index (χ4v) is 2.88. The molecule has 0 unspecified atom stereocenters. The Hall–Kier alpha value is -2.10. The van der Waals surface area contributed by atoms with E-state index in [1.54, 1.807) is 36.4 Å². The van der Waals surface area contributed by atoms with Gasteiger partial charge in [0.25, 0.3) is 0 Å². The normalized spacial score (nSPS) is 10.3. The van der Waals surface area contributed by atoms with Crippen LogP contribution in [0.2, 0.25) is 4.34 Å². The predicted molar refractivity (Wildman–Crippen MR) is 85.7 cm³/mol. The van der Waals surface area contributed by atoms with Gasteiger partial charge in [0.15, 0.2) is 0 Å². The van der Waals surface area contributed by atoms with Crippen molar-refractivity contribution in [1.82, 2.24) is 0 Å². The third-order valence-electron chi connectivity index (χ3n) is 2.89. The van der Waals surface area contributed by atoms with Gasteiger partial charge in [0.05, 0.1) is 9.21 Å². The smallest absolute Gasteiger partial charge is 0.202 e. The van der Waals surface area contributed by atoms with E-state index in [0.717, 1.165) is 5.75 Å². The van der Waals surface area contributed by atoms with Crippen molar-refractivity contribution in [2.45, 2.75) is 0 Å². The Kier molecular flexibility index (Phi) is 4.04. The first-order chi connectivity index (χ1) is 10.2. The Bertz CT molecular complexity index is 748. The van der Waals surface area contributed by atoms with Crippen LogP contribution in [0.5, 0.6) is 11.5 Å². The van der Waals surface area contributed by atoms with Crippen LogP contribution in [0.1, 0.15) is 15.2 Å². The van der Waals surface area contributed by atoms with E-state index in [4.69, 9.17) is 16.3 Å². The number of rotatable bonds is 4. The van der Waals surface area contributed by atoms with Crippen molar-refractivity contribution in [3.8, 4) is 11.5 Å². The molecule has 2 aromatic carbocycles. The lowest BCUT2D eigenvalue weighted by Gasteiger charge is -2.06. The first-order valence-corrected chi connectivity index (χ1v) is 7.55. The highest BCUT2D eigenvalue weighted by molar-refractivity contribution is 7.18. The molecule has 3 aromatic rings. The lowest BCUT2D eigenvalue weighted by Crippen LogP contribution is -1.97. The lowest BCUT2D eigenvalue weighted by molar-refractivity contribution is 0.104. The molecule has 0 atom stereocenters. The van der Waals surface area contributed by atoms with E-state index in [-0.39, 0.29) is 5.78 Å². The van der Waals surface area contributed by atoms with Crippen LogP contribution in [0.15, 0.2) is 66.7 Å². The highest BCUT2D eigenvalue weighted by atomic mass is 35.5. The van der Waals surface area contributed by atoms with Gasteiger partial charge >= 0.3 is 0 Å². The topological polar surface area (TPSA) is 26.3 Å². The van der Waals surface area contributed by atoms with Crippen LogP contribution in [-0.4, -0.2) is 5.78 Å². The molecule has 21 heavy (non-hydrogen) atoms. The number of benzene rings is 2. The van der Waals surface area contributed by atoms with Crippen molar-refractivity contribution < 1.29 is 9.53 Å². The highest BCUT2D eigenvalue weighted by Crippen LogP contribution is 2.26. The van der Waals surface area contributed by atoms with Crippen LogP contribution in [0, 0.1) is 0 Å². The maximum Gasteiger partial charge on any atom is 0.202 e. The molecule has 1 aromatic heterocycles. The summed E-state index contributed by atoms with van der Waals surface area (Å²) in [5, 5.41) is 0. The van der Waals surface area contributed by atoms with Gasteiger partial charge in [-0.1, -0.05) is 29.8 Å². The summed E-state index contributed by atoms with van der Waals surface area (Å²) in [5.74, 6) is 1.43. The summed E-state index contributed by atoms with van der Waals surface area (Å²) in [6, 6.07) is 20.1. The van der Waals surface area contributed by atoms with Crippen molar-refractivity contribution >= 4 is 28.7 Å². The summed E-state index contributed by atoms with van der Waals surface area (Å²) in [6.45, 7) is 0. The minimum absolute atomic E-state index is 0.0295. The Balaban J connectivity index is 1.76. The molecule has 4 heteroatoms. The van der Waals surface area contributed by atoms with Crippen LogP contribution >= 0.6 is 22.9 Å². The molecule has 104 valence electrons. The molecule has 0 radical (unpaired) electrons. The van der Waals surface area contributed by atoms with Gasteiger partial charge in [-0.15, -0.1) is 11.3 Å². The first kappa shape index (κ1) is 13.9. The third kappa shape index (κ3) is 3.32. The van der Waals surface area contributed by atoms with Gasteiger partial charge in [0.2, 0.25) is 5.78 Å². The fourth-order valence-electron chi connectivity index (χ4n) is 1.88. The predicted octanol–water partition coefficient (Wildman–Crippen LogP) is 5.42. The Morgan fingerprint density at radius 1 is 0.857 bits per heavy atom. The molecule has 2 nitrogen and oxygen atoms in total. The molecule has 0 amide bonds. The molecule has 0 spiro atoms. The average molecular weight is 315 g/mol. The van der Waals surface area contributed by atoms with Gasteiger partial charge in [-0.3, -0.25) is 4.79 Å². The standard InChI is InChI=1S/C17H11ClO2S/c18-16-11-10-15(21-16)17(19)12-6-8-14(9-7-12)20-13-4-2-1-3-5-13/h1-11H. The average Bonchev–Trinajstić information content (AvgIpc) is 2.95. The summed E-state index contributed by atoms with van der Waals surface area (Å²) in [6.07, 6.45) is 0. The molecular formula is C17H11ClO2S. The number of hydrogen-bond donors (Lipinski definition) is 0. The van der Waals surface area contributed by atoms with E-state index in [9.17, 15) is 4.79 Å². The van der Waals surface area contributed by atoms with Gasteiger partial charge in [-0.25, -0.2) is 0 Å². The van der Waals surface area contributed by atoms with E-state index in [1.807, 2.05) is 30.3 Å². The number of ether oxygens (including phenoxy) is 1. The summed E-state index contributed by atoms with van der Waals surface area (Å²) in [7, 11) is 0. The molecular weight excluding hydrogens is 304 g/mol. The highest BCUT2D eigenvalue weighted by Gasteiger charge is 2.11. The first-order valence-electron chi connectivity index (χ1n) is 6.35. The molecule has 0 N–H and O–H groups in total. The van der Waals surface area contributed by atoms with Crippen molar-refractivity contribution in [3.63, 3.8) is 0 Å². The van der Waals surface area contributed by atoms with E-state index in [0.29, 0.717) is 20.5 Å². The number of ketones is 1. The largest absolute Gasteiger partial charge is 0.457 e. The van der Waals surface area contributed by atoms with E-state index >= 15 is 0 Å². The van der Waals surface area contributed by atoms with Crippen molar-refractivity contribution in [2.75, 3.05) is 0 Å². The second-order valence-corrected chi connectivity index (χ2v) is 6.09. The Labute approximate surface area is 131 Å². The van der Waals surface area contributed by atoms with Gasteiger partial charge in [0.1, 0.15) is 11.5 Å². The van der Waals surface area contributed by atoms with Crippen molar-refractivity contribution in [1.29, 1.82) is 0 Å². The molecule has 0 aliphatic rings. The number of halogens is 1. The monoisotopic (exact) mass is 314 g/mol. The third-order valence-corrected chi connectivity index (χ3v) is 4.12. The van der Waals surface area contributed by atoms with Gasteiger partial charge in [-0.2, -0.15) is 0 Å². The maximum absolute atomic E-state index is 12.2. The zero-order valence-corrected chi connectivity index (χ0v) is 12.5. The molecule has 1 heterocycles. The molecule has 0 fully saturated rings. The summed E-state index contributed by atoms with van der Waals surface area (Å²) in [4.78, 5) is 12.9. The SMILES string of the molecule is O=C(c1ccc(Oc2ccccc2)cc1)c1ccc(Cl)s1. The van der Waals surface area contributed by atoms with Gasteiger partial charge in [0, 0.05) is 5.56 Å². The summed E-state index contributed by atoms with van der Waals surface area (Å²) >= 11 is 7.14. The number of thiophene rings is 1. The quantitative estimate of drug-likeness (QED) is 0.601.